The van der Waals surface area contributed by atoms with Gasteiger partial charge in [0.05, 0.1) is 3.79 Å². The van der Waals surface area contributed by atoms with Gasteiger partial charge in [0.2, 0.25) is 0 Å². The van der Waals surface area contributed by atoms with Gasteiger partial charge in [0, 0.05) is 24.0 Å². The molecule has 1 aliphatic heterocycles. The van der Waals surface area contributed by atoms with Crippen molar-refractivity contribution in [2.24, 2.45) is 0 Å². The van der Waals surface area contributed by atoms with Crippen LogP contribution in [-0.2, 0) is 6.54 Å². The van der Waals surface area contributed by atoms with E-state index in [1.165, 1.54) is 40.2 Å². The Hall–Kier alpha value is 0.390. The maximum absolute atomic E-state index is 3.59. The summed E-state index contributed by atoms with van der Waals surface area (Å²) in [5, 5.41) is 3.39. The lowest BCUT2D eigenvalue weighted by atomic mass is 10.1. The second-order valence-electron chi connectivity index (χ2n) is 4.53. The summed E-state index contributed by atoms with van der Waals surface area (Å²) < 4.78 is 1.28. The third-order valence-electron chi connectivity index (χ3n) is 3.20. The highest BCUT2D eigenvalue weighted by molar-refractivity contribution is 9.11. The summed E-state index contributed by atoms with van der Waals surface area (Å²) >= 11 is 5.47. The number of nitrogens with one attached hydrogen (secondary N) is 1. The summed E-state index contributed by atoms with van der Waals surface area (Å²) in [6, 6.07) is 2.98. The molecule has 1 aromatic heterocycles. The van der Waals surface area contributed by atoms with E-state index in [1.54, 1.807) is 0 Å². The van der Waals surface area contributed by atoms with Crippen LogP contribution in [0.15, 0.2) is 9.85 Å². The highest BCUT2D eigenvalue weighted by atomic mass is 79.9. The summed E-state index contributed by atoms with van der Waals surface area (Å²) in [6.45, 7) is 5.70. The maximum atomic E-state index is 3.59. The third kappa shape index (κ3) is 4.21. The third-order valence-corrected chi connectivity index (χ3v) is 5.32. The number of piperidine rings is 1. The zero-order valence-electron chi connectivity index (χ0n) is 10.3. The quantitative estimate of drug-likeness (QED) is 0.907. The zero-order chi connectivity index (χ0) is 11.5. The average molecular weight is 340 g/mol. The summed E-state index contributed by atoms with van der Waals surface area (Å²) in [7, 11) is 2.07. The van der Waals surface area contributed by atoms with Crippen molar-refractivity contribution in [3.63, 3.8) is 0 Å². The van der Waals surface area contributed by atoms with Gasteiger partial charge in [-0.1, -0.05) is 0 Å². The topological polar surface area (TPSA) is 15.3 Å². The fraction of sp³-hybridized carbons (Fsp3) is 0.667. The molecule has 1 atom stereocenters. The molecule has 1 aromatic rings. The van der Waals surface area contributed by atoms with Gasteiger partial charge >= 0.3 is 0 Å². The van der Waals surface area contributed by atoms with Gasteiger partial charge in [0.25, 0.3) is 0 Å². The Bertz CT molecular complexity index is 337. The first-order valence-electron chi connectivity index (χ1n) is 5.83. The lowest BCUT2D eigenvalue weighted by Gasteiger charge is -2.32. The molecule has 2 nitrogen and oxygen atoms in total. The molecule has 0 bridgehead atoms. The van der Waals surface area contributed by atoms with E-state index < -0.39 is 0 Å². The van der Waals surface area contributed by atoms with Gasteiger partial charge in [-0.25, -0.2) is 0 Å². The van der Waals surface area contributed by atoms with E-state index in [1.807, 2.05) is 11.3 Å². The summed E-state index contributed by atoms with van der Waals surface area (Å²) in [4.78, 5) is 4.03. The number of hydrogen-bond acceptors (Lipinski definition) is 3. The molecule has 0 aliphatic carbocycles. The molecule has 2 heterocycles. The molecule has 1 unspecified atom stereocenters. The van der Waals surface area contributed by atoms with Crippen molar-refractivity contribution >= 4 is 39.7 Å². The molecule has 0 aromatic carbocycles. The maximum Gasteiger partial charge on any atom is 0.0730 e. The van der Waals surface area contributed by atoms with Gasteiger partial charge < -0.3 is 5.32 Å². The van der Waals surface area contributed by atoms with Crippen molar-refractivity contribution in [1.29, 1.82) is 0 Å². The van der Waals surface area contributed by atoms with Crippen molar-refractivity contribution in [1.82, 2.24) is 10.2 Å². The van der Waals surface area contributed by atoms with E-state index >= 15 is 0 Å². The second kappa shape index (κ2) is 7.10. The molecule has 17 heavy (non-hydrogen) atoms. The van der Waals surface area contributed by atoms with Crippen LogP contribution < -0.4 is 5.32 Å². The van der Waals surface area contributed by atoms with E-state index in [2.05, 4.69) is 46.2 Å². The van der Waals surface area contributed by atoms with Crippen LogP contribution in [0.4, 0.5) is 0 Å². The van der Waals surface area contributed by atoms with Crippen LogP contribution in [-0.4, -0.2) is 31.1 Å². The predicted octanol–water partition coefficient (Wildman–Crippen LogP) is 3.42. The molecule has 2 rings (SSSR count). The summed E-state index contributed by atoms with van der Waals surface area (Å²) in [5.74, 6) is 0. The minimum absolute atomic E-state index is 0. The molecule has 1 saturated heterocycles. The van der Waals surface area contributed by atoms with Crippen LogP contribution in [0.2, 0.25) is 0 Å². The lowest BCUT2D eigenvalue weighted by molar-refractivity contribution is 0.189. The molecule has 0 spiro atoms. The van der Waals surface area contributed by atoms with Gasteiger partial charge in [-0.3, -0.25) is 4.90 Å². The minimum atomic E-state index is 0. The van der Waals surface area contributed by atoms with E-state index in [9.17, 15) is 0 Å². The van der Waals surface area contributed by atoms with Gasteiger partial charge in [0.1, 0.15) is 0 Å². The molecule has 0 radical (unpaired) electrons. The molecule has 0 saturated carbocycles. The number of likely N-dealkylation sites (tertiary alicyclic amines) is 1. The van der Waals surface area contributed by atoms with E-state index in [4.69, 9.17) is 0 Å². The Morgan fingerprint density at radius 2 is 2.35 bits per heavy atom. The van der Waals surface area contributed by atoms with Crippen molar-refractivity contribution in [3.8, 4) is 0 Å². The summed E-state index contributed by atoms with van der Waals surface area (Å²) in [6.07, 6.45) is 2.64. The van der Waals surface area contributed by atoms with Crippen molar-refractivity contribution in [3.05, 3.63) is 20.3 Å². The Morgan fingerprint density at radius 3 is 2.94 bits per heavy atom. The molecule has 5 heteroatoms. The SMILES string of the molecule is CNC1CCCN(Cc2cc(C)c(Br)s2)C1.Cl. The first-order chi connectivity index (χ1) is 7.69. The molecular formula is C12H20BrClN2S. The predicted molar refractivity (Wildman–Crippen MR) is 81.4 cm³/mol. The molecule has 98 valence electrons. The smallest absolute Gasteiger partial charge is 0.0730 e. The standard InChI is InChI=1S/C12H19BrN2S.ClH/c1-9-6-11(16-12(9)13)8-15-5-3-4-10(7-15)14-2;/h6,10,14H,3-5,7-8H2,1-2H3;1H. The average Bonchev–Trinajstić information content (AvgIpc) is 2.58. The molecular weight excluding hydrogens is 320 g/mol. The van der Waals surface area contributed by atoms with Gasteiger partial charge in [-0.2, -0.15) is 0 Å². The van der Waals surface area contributed by atoms with Crippen molar-refractivity contribution < 1.29 is 0 Å². The van der Waals surface area contributed by atoms with Crippen LogP contribution in [0.3, 0.4) is 0 Å². The summed E-state index contributed by atoms with van der Waals surface area (Å²) in [5.41, 5.74) is 1.36. The fourth-order valence-electron chi connectivity index (χ4n) is 2.26. The van der Waals surface area contributed by atoms with Crippen LogP contribution in [0, 0.1) is 6.92 Å². The molecule has 1 fully saturated rings. The van der Waals surface area contributed by atoms with Crippen LogP contribution in [0.1, 0.15) is 23.3 Å². The van der Waals surface area contributed by atoms with Crippen molar-refractivity contribution in [2.75, 3.05) is 20.1 Å². The number of nitrogens with zero attached hydrogens (tertiary/aromatic N) is 1. The Kier molecular flexibility index (Phi) is 6.45. The minimum Gasteiger partial charge on any atom is -0.316 e. The van der Waals surface area contributed by atoms with Crippen LogP contribution in [0.25, 0.3) is 0 Å². The Balaban J connectivity index is 0.00000144. The highest BCUT2D eigenvalue weighted by Crippen LogP contribution is 2.28. The number of rotatable bonds is 3. The van der Waals surface area contributed by atoms with Crippen molar-refractivity contribution in [2.45, 2.75) is 32.4 Å². The Labute approximate surface area is 122 Å². The fourth-order valence-corrected chi connectivity index (χ4v) is 3.93. The van der Waals surface area contributed by atoms with Gasteiger partial charge in [-0.15, -0.1) is 23.7 Å². The van der Waals surface area contributed by atoms with E-state index in [-0.39, 0.29) is 12.4 Å². The Morgan fingerprint density at radius 1 is 1.59 bits per heavy atom. The number of halogens is 2. The van der Waals surface area contributed by atoms with Gasteiger partial charge in [-0.05, 0) is 60.9 Å². The first kappa shape index (κ1) is 15.4. The second-order valence-corrected chi connectivity index (χ2v) is 6.99. The lowest BCUT2D eigenvalue weighted by Crippen LogP contribution is -2.43. The zero-order valence-corrected chi connectivity index (χ0v) is 13.6. The monoisotopic (exact) mass is 338 g/mol. The number of aryl methyl sites for hydroxylation is 1. The first-order valence-corrected chi connectivity index (χ1v) is 7.44. The van der Waals surface area contributed by atoms with Crippen LogP contribution in [0.5, 0.6) is 0 Å². The molecule has 1 aliphatic rings. The normalized spacial score (nSPS) is 21.2. The number of likely N-dealkylation sites (N-methyl/N-ethyl adjacent to an activating group) is 1. The number of thiophene rings is 1. The molecule has 0 amide bonds. The highest BCUT2D eigenvalue weighted by Gasteiger charge is 2.18. The van der Waals surface area contributed by atoms with Crippen LogP contribution >= 0.6 is 39.7 Å². The van der Waals surface area contributed by atoms with E-state index in [0.29, 0.717) is 6.04 Å². The van der Waals surface area contributed by atoms with Gasteiger partial charge in [0.15, 0.2) is 0 Å². The molecule has 1 N–H and O–H groups in total. The largest absolute Gasteiger partial charge is 0.316 e. The number of hydrogen-bond donors (Lipinski definition) is 1. The van der Waals surface area contributed by atoms with E-state index in [0.717, 1.165) is 6.54 Å².